The molecule has 1 amide bonds. The van der Waals surface area contributed by atoms with E-state index in [2.05, 4.69) is 20.9 Å². The molecule has 1 aromatic rings. The summed E-state index contributed by atoms with van der Waals surface area (Å²) in [4.78, 5) is 15.9. The first-order valence-corrected chi connectivity index (χ1v) is 7.30. The van der Waals surface area contributed by atoms with E-state index in [4.69, 9.17) is 23.2 Å². The zero-order valence-electron chi connectivity index (χ0n) is 11.9. The Morgan fingerprint density at radius 2 is 2.00 bits per heavy atom. The van der Waals surface area contributed by atoms with Crippen molar-refractivity contribution in [1.82, 2.24) is 10.3 Å². The number of anilines is 2. The van der Waals surface area contributed by atoms with Gasteiger partial charge in [0, 0.05) is 26.1 Å². The number of carbonyl (C=O) groups is 1. The molecular formula is C13H20Cl2N4O. The summed E-state index contributed by atoms with van der Waals surface area (Å²) in [6.45, 7) is 4.46. The molecule has 0 saturated carbocycles. The Hall–Kier alpha value is -1.20. The van der Waals surface area contributed by atoms with Crippen molar-refractivity contribution in [1.29, 1.82) is 0 Å². The van der Waals surface area contributed by atoms with Gasteiger partial charge in [0.15, 0.2) is 0 Å². The third kappa shape index (κ3) is 5.06. The molecule has 1 atom stereocenters. The summed E-state index contributed by atoms with van der Waals surface area (Å²) in [5.41, 5.74) is 0. The first-order valence-electron chi connectivity index (χ1n) is 6.55. The maximum atomic E-state index is 11.6. The normalized spacial score (nSPS) is 11.8. The highest BCUT2D eigenvalue weighted by molar-refractivity contribution is 6.37. The summed E-state index contributed by atoms with van der Waals surface area (Å²) in [5, 5.41) is 9.69. The summed E-state index contributed by atoms with van der Waals surface area (Å²) >= 11 is 12.0. The predicted octanol–water partition coefficient (Wildman–Crippen LogP) is 3.15. The topological polar surface area (TPSA) is 66.0 Å². The van der Waals surface area contributed by atoms with Gasteiger partial charge in [0.1, 0.15) is 11.6 Å². The fraction of sp³-hybridized carbons (Fsp3) is 0.538. The molecule has 20 heavy (non-hydrogen) atoms. The average molecular weight is 319 g/mol. The van der Waals surface area contributed by atoms with Crippen LogP contribution in [0.1, 0.15) is 26.7 Å². The van der Waals surface area contributed by atoms with Gasteiger partial charge < -0.3 is 16.0 Å². The first-order chi connectivity index (χ1) is 9.47. The van der Waals surface area contributed by atoms with Gasteiger partial charge in [0.2, 0.25) is 5.91 Å². The van der Waals surface area contributed by atoms with Gasteiger partial charge in [-0.15, -0.1) is 0 Å². The Bertz CT molecular complexity index is 468. The van der Waals surface area contributed by atoms with Gasteiger partial charge in [0.25, 0.3) is 0 Å². The van der Waals surface area contributed by atoms with Gasteiger partial charge >= 0.3 is 0 Å². The highest BCUT2D eigenvalue weighted by atomic mass is 35.5. The Kier molecular flexibility index (Phi) is 6.88. The minimum absolute atomic E-state index is 0.00535. The van der Waals surface area contributed by atoms with Crippen LogP contribution in [0.4, 0.5) is 11.6 Å². The minimum atomic E-state index is 0.00535. The van der Waals surface area contributed by atoms with Crippen molar-refractivity contribution >= 4 is 40.7 Å². The lowest BCUT2D eigenvalue weighted by Gasteiger charge is -2.13. The molecule has 0 aliphatic rings. The quantitative estimate of drug-likeness (QED) is 0.722. The number of nitrogens with one attached hydrogen (secondary N) is 3. The van der Waals surface area contributed by atoms with Crippen LogP contribution in [0.3, 0.4) is 0 Å². The lowest BCUT2D eigenvalue weighted by molar-refractivity contribution is -0.121. The lowest BCUT2D eigenvalue weighted by Crippen LogP contribution is -2.33. The van der Waals surface area contributed by atoms with E-state index in [0.29, 0.717) is 34.6 Å². The molecule has 0 saturated heterocycles. The number of pyridine rings is 1. The Morgan fingerprint density at radius 3 is 2.60 bits per heavy atom. The fourth-order valence-electron chi connectivity index (χ4n) is 1.51. The molecule has 0 aliphatic carbocycles. The maximum absolute atomic E-state index is 11.6. The van der Waals surface area contributed by atoms with E-state index in [1.165, 1.54) is 0 Å². The number of hydrogen-bond donors (Lipinski definition) is 3. The number of rotatable bonds is 7. The number of carbonyl (C=O) groups excluding carboxylic acids is 1. The van der Waals surface area contributed by atoms with Crippen LogP contribution in [0.5, 0.6) is 0 Å². The number of aromatic nitrogens is 1. The number of nitrogens with zero attached hydrogens (tertiary/aromatic N) is 1. The Balaban J connectivity index is 2.52. The SMILES string of the molecule is CCC(C)NC(=O)CCNc1nc(NC)c(Cl)cc1Cl. The van der Waals surface area contributed by atoms with Crippen LogP contribution in [0.2, 0.25) is 10.0 Å². The van der Waals surface area contributed by atoms with Crippen molar-refractivity contribution in [3.8, 4) is 0 Å². The molecule has 0 bridgehead atoms. The van der Waals surface area contributed by atoms with Crippen LogP contribution in [0.25, 0.3) is 0 Å². The van der Waals surface area contributed by atoms with E-state index in [1.54, 1.807) is 13.1 Å². The molecular weight excluding hydrogens is 299 g/mol. The second kappa shape index (κ2) is 8.17. The van der Waals surface area contributed by atoms with Crippen LogP contribution in [-0.4, -0.2) is 30.5 Å². The second-order valence-corrected chi connectivity index (χ2v) is 5.27. The molecule has 7 heteroatoms. The van der Waals surface area contributed by atoms with Gasteiger partial charge in [-0.1, -0.05) is 30.1 Å². The summed E-state index contributed by atoms with van der Waals surface area (Å²) in [6.07, 6.45) is 1.27. The highest BCUT2D eigenvalue weighted by Crippen LogP contribution is 2.28. The third-order valence-corrected chi connectivity index (χ3v) is 3.41. The third-order valence-electron chi connectivity index (χ3n) is 2.83. The van der Waals surface area contributed by atoms with Crippen molar-refractivity contribution in [3.63, 3.8) is 0 Å². The van der Waals surface area contributed by atoms with Gasteiger partial charge in [0.05, 0.1) is 10.0 Å². The number of hydrogen-bond acceptors (Lipinski definition) is 4. The van der Waals surface area contributed by atoms with Crippen LogP contribution < -0.4 is 16.0 Å². The summed E-state index contributed by atoms with van der Waals surface area (Å²) in [6, 6.07) is 1.80. The molecule has 0 fully saturated rings. The second-order valence-electron chi connectivity index (χ2n) is 4.45. The van der Waals surface area contributed by atoms with Gasteiger partial charge in [-0.05, 0) is 19.4 Å². The van der Waals surface area contributed by atoms with E-state index < -0.39 is 0 Å². The van der Waals surface area contributed by atoms with E-state index >= 15 is 0 Å². The number of halogens is 2. The lowest BCUT2D eigenvalue weighted by atomic mass is 10.2. The van der Waals surface area contributed by atoms with Crippen molar-refractivity contribution in [3.05, 3.63) is 16.1 Å². The number of amides is 1. The fourth-order valence-corrected chi connectivity index (χ4v) is 2.03. The minimum Gasteiger partial charge on any atom is -0.372 e. The standard InChI is InChI=1S/C13H20Cl2N4O/c1-4-8(2)18-11(20)5-6-17-13-10(15)7-9(14)12(16-3)19-13/h7-8H,4-6H2,1-3H3,(H,18,20)(H2,16,17,19). The van der Waals surface area contributed by atoms with Crippen LogP contribution >= 0.6 is 23.2 Å². The first kappa shape index (κ1) is 16.9. The van der Waals surface area contributed by atoms with Crippen molar-refractivity contribution < 1.29 is 4.79 Å². The Labute approximate surface area is 129 Å². The molecule has 3 N–H and O–H groups in total. The van der Waals surface area contributed by atoms with Gasteiger partial charge in [-0.3, -0.25) is 4.79 Å². The largest absolute Gasteiger partial charge is 0.372 e. The van der Waals surface area contributed by atoms with E-state index in [1.807, 2.05) is 13.8 Å². The molecule has 0 aliphatic heterocycles. The van der Waals surface area contributed by atoms with Crippen molar-refractivity contribution in [2.24, 2.45) is 0 Å². The molecule has 0 spiro atoms. The monoisotopic (exact) mass is 318 g/mol. The zero-order valence-corrected chi connectivity index (χ0v) is 13.4. The van der Waals surface area contributed by atoms with Gasteiger partial charge in [-0.25, -0.2) is 4.98 Å². The van der Waals surface area contributed by atoms with Crippen molar-refractivity contribution in [2.45, 2.75) is 32.7 Å². The molecule has 0 aromatic carbocycles. The molecule has 5 nitrogen and oxygen atoms in total. The molecule has 0 radical (unpaired) electrons. The van der Waals surface area contributed by atoms with E-state index in [0.717, 1.165) is 6.42 Å². The van der Waals surface area contributed by atoms with Crippen LogP contribution in [0, 0.1) is 0 Å². The molecule has 1 rings (SSSR count). The molecule has 1 unspecified atom stereocenters. The van der Waals surface area contributed by atoms with Crippen LogP contribution in [0.15, 0.2) is 6.07 Å². The Morgan fingerprint density at radius 1 is 1.35 bits per heavy atom. The maximum Gasteiger partial charge on any atom is 0.221 e. The smallest absolute Gasteiger partial charge is 0.221 e. The van der Waals surface area contributed by atoms with E-state index in [-0.39, 0.29) is 11.9 Å². The average Bonchev–Trinajstić information content (AvgIpc) is 2.41. The molecule has 1 aromatic heterocycles. The van der Waals surface area contributed by atoms with Gasteiger partial charge in [-0.2, -0.15) is 0 Å². The van der Waals surface area contributed by atoms with Crippen LogP contribution in [-0.2, 0) is 4.79 Å². The molecule has 1 heterocycles. The highest BCUT2D eigenvalue weighted by Gasteiger charge is 2.09. The molecule has 112 valence electrons. The zero-order chi connectivity index (χ0) is 15.1. The summed E-state index contributed by atoms with van der Waals surface area (Å²) < 4.78 is 0. The van der Waals surface area contributed by atoms with E-state index in [9.17, 15) is 4.79 Å². The van der Waals surface area contributed by atoms with Crippen molar-refractivity contribution in [2.75, 3.05) is 24.2 Å². The summed E-state index contributed by atoms with van der Waals surface area (Å²) in [5.74, 6) is 1.06. The predicted molar refractivity (Wildman–Crippen MR) is 84.8 cm³/mol. The summed E-state index contributed by atoms with van der Waals surface area (Å²) in [7, 11) is 1.73.